The lowest BCUT2D eigenvalue weighted by Gasteiger charge is -2.42. The second kappa shape index (κ2) is 16.0. The second-order valence-electron chi connectivity index (χ2n) is 14.9. The zero-order valence-corrected chi connectivity index (χ0v) is 34.6. The van der Waals surface area contributed by atoms with E-state index >= 15 is 0 Å². The second-order valence-corrected chi connectivity index (χ2v) is 18.4. The van der Waals surface area contributed by atoms with E-state index in [0.717, 1.165) is 24.3 Å². The molecular formula is C51H46ClIN2. The third kappa shape index (κ3) is 7.40. The third-order valence-corrected chi connectivity index (χ3v) is 14.7. The zero-order valence-electron chi connectivity index (χ0n) is 31.7. The summed E-state index contributed by atoms with van der Waals surface area (Å²) in [6, 6.07) is 52.6. The molecule has 6 aromatic carbocycles. The average molecular weight is 849 g/mol. The summed E-state index contributed by atoms with van der Waals surface area (Å²) in [5.41, 5.74) is 10.2. The van der Waals surface area contributed by atoms with E-state index in [1.165, 1.54) is 59.2 Å². The Morgan fingerprint density at radius 1 is 0.600 bits per heavy atom. The Kier molecular flexibility index (Phi) is 10.8. The van der Waals surface area contributed by atoms with Gasteiger partial charge in [-0.05, 0) is 95.1 Å². The van der Waals surface area contributed by atoms with Crippen molar-refractivity contribution in [2.24, 2.45) is 0 Å². The van der Waals surface area contributed by atoms with Crippen molar-refractivity contribution in [3.8, 4) is 0 Å². The molecule has 0 N–H and O–H groups in total. The van der Waals surface area contributed by atoms with Crippen molar-refractivity contribution >= 4 is 58.3 Å². The molecule has 0 saturated heterocycles. The van der Waals surface area contributed by atoms with Gasteiger partial charge in [-0.3, -0.25) is 0 Å². The Morgan fingerprint density at radius 3 is 1.84 bits per heavy atom. The van der Waals surface area contributed by atoms with E-state index in [-0.39, 0.29) is 10.8 Å². The summed E-state index contributed by atoms with van der Waals surface area (Å²) >= 11 is 6.33. The van der Waals surface area contributed by atoms with Gasteiger partial charge >= 0.3 is 0 Å². The SMILES string of the molecule is CN1I=C(/C=C/C=C/C=C/C=C2/N(C)c3ccc4ccccc4c3C2(C)Cc2ccccc2)C(Cc2ccccc2)(Cc2ccccc2)c2cc(Cl)ccc21. The molecule has 2 heterocycles. The van der Waals surface area contributed by atoms with Crippen molar-refractivity contribution in [3.05, 3.63) is 227 Å². The first-order valence-electron chi connectivity index (χ1n) is 19.0. The lowest BCUT2D eigenvalue weighted by atomic mass is 9.68. The molecule has 0 fully saturated rings. The number of rotatable bonds is 10. The minimum absolute atomic E-state index is 0.187. The minimum Gasteiger partial charge on any atom is -0.347 e. The van der Waals surface area contributed by atoms with Crippen molar-refractivity contribution in [3.63, 3.8) is 0 Å². The maximum absolute atomic E-state index is 6.78. The van der Waals surface area contributed by atoms with Crippen LogP contribution < -0.4 is 8.01 Å². The van der Waals surface area contributed by atoms with Crippen LogP contribution in [-0.4, -0.2) is 17.6 Å². The number of nitrogens with zero attached hydrogens (tertiary/aromatic N) is 2. The van der Waals surface area contributed by atoms with Gasteiger partial charge in [-0.15, -0.1) is 0 Å². The van der Waals surface area contributed by atoms with Gasteiger partial charge in [0, 0.05) is 71.5 Å². The van der Waals surface area contributed by atoms with Crippen molar-refractivity contribution in [2.75, 3.05) is 22.1 Å². The summed E-state index contributed by atoms with van der Waals surface area (Å²) in [6.45, 7) is 2.41. The Hall–Kier alpha value is -4.97. The Morgan fingerprint density at radius 2 is 1.16 bits per heavy atom. The highest BCUT2D eigenvalue weighted by atomic mass is 127. The van der Waals surface area contributed by atoms with Gasteiger partial charge in [-0.2, -0.15) is 0 Å². The molecule has 0 aromatic heterocycles. The number of likely N-dealkylation sites (N-methyl/N-ethyl adjacent to an activating group) is 1. The van der Waals surface area contributed by atoms with Crippen LogP contribution >= 0.6 is 32.6 Å². The molecule has 2 aliphatic rings. The molecule has 2 aliphatic heterocycles. The average Bonchev–Trinajstić information content (AvgIpc) is 3.42. The molecule has 2 nitrogen and oxygen atoms in total. The molecule has 0 radical (unpaired) electrons. The van der Waals surface area contributed by atoms with Crippen LogP contribution in [0.3, 0.4) is 0 Å². The predicted octanol–water partition coefficient (Wildman–Crippen LogP) is 12.9. The van der Waals surface area contributed by atoms with Crippen LogP contribution in [0.25, 0.3) is 10.8 Å². The molecule has 0 aliphatic carbocycles. The van der Waals surface area contributed by atoms with Crippen LogP contribution in [0.15, 0.2) is 194 Å². The maximum Gasteiger partial charge on any atom is 0.0492 e. The summed E-state index contributed by atoms with van der Waals surface area (Å²) in [7, 11) is 4.45. The quantitative estimate of drug-likeness (QED) is 0.0770. The number of hydrogen-bond donors (Lipinski definition) is 0. The number of halogens is 2. The first-order valence-corrected chi connectivity index (χ1v) is 21.4. The van der Waals surface area contributed by atoms with Gasteiger partial charge in [0.25, 0.3) is 0 Å². The lowest BCUT2D eigenvalue weighted by Crippen LogP contribution is -2.42. The molecule has 1 unspecified atom stereocenters. The fraction of sp³-hybridized carbons (Fsp3) is 0.157. The molecule has 6 aromatic rings. The fourth-order valence-electron chi connectivity index (χ4n) is 8.76. The molecule has 0 amide bonds. The molecule has 0 spiro atoms. The largest absolute Gasteiger partial charge is 0.347 e. The Labute approximate surface area is 341 Å². The van der Waals surface area contributed by atoms with Crippen LogP contribution in [0.1, 0.15) is 34.7 Å². The normalized spacial score (nSPS) is 18.6. The van der Waals surface area contributed by atoms with Crippen molar-refractivity contribution in [1.82, 2.24) is 0 Å². The fourth-order valence-corrected chi connectivity index (χ4v) is 11.9. The van der Waals surface area contributed by atoms with E-state index < -0.39 is 21.0 Å². The van der Waals surface area contributed by atoms with Crippen LogP contribution in [-0.2, 0) is 30.1 Å². The highest BCUT2D eigenvalue weighted by Gasteiger charge is 2.44. The van der Waals surface area contributed by atoms with Gasteiger partial charge in [0.05, 0.1) is 0 Å². The molecule has 55 heavy (non-hydrogen) atoms. The molecule has 0 bridgehead atoms. The molecule has 0 saturated carbocycles. The van der Waals surface area contributed by atoms with Crippen LogP contribution in [0.2, 0.25) is 5.02 Å². The Balaban J connectivity index is 1.12. The minimum atomic E-state index is -0.456. The smallest absolute Gasteiger partial charge is 0.0492 e. The summed E-state index contributed by atoms with van der Waals surface area (Å²) in [6.07, 6.45) is 18.4. The number of allylic oxidation sites excluding steroid dienone is 8. The molecule has 1 atom stereocenters. The maximum atomic E-state index is 6.78. The van der Waals surface area contributed by atoms with E-state index in [1.807, 2.05) is 6.07 Å². The van der Waals surface area contributed by atoms with Crippen LogP contribution in [0.5, 0.6) is 0 Å². The summed E-state index contributed by atoms with van der Waals surface area (Å²) in [4.78, 5) is 2.39. The van der Waals surface area contributed by atoms with Crippen LogP contribution in [0.4, 0.5) is 11.4 Å². The molecule has 8 rings (SSSR count). The summed E-state index contributed by atoms with van der Waals surface area (Å²) in [5, 5.41) is 3.40. The zero-order chi connectivity index (χ0) is 37.8. The Bertz CT molecular complexity index is 2420. The first-order chi connectivity index (χ1) is 26.9. The van der Waals surface area contributed by atoms with Crippen molar-refractivity contribution in [1.29, 1.82) is 0 Å². The highest BCUT2D eigenvalue weighted by Crippen LogP contribution is 2.52. The third-order valence-electron chi connectivity index (χ3n) is 11.3. The van der Waals surface area contributed by atoms with Crippen LogP contribution in [0, 0.1) is 0 Å². The molecule has 4 heteroatoms. The van der Waals surface area contributed by atoms with E-state index in [2.05, 4.69) is 211 Å². The lowest BCUT2D eigenvalue weighted by molar-refractivity contribution is 0.571. The van der Waals surface area contributed by atoms with Gasteiger partial charge in [0.1, 0.15) is 0 Å². The number of benzene rings is 6. The van der Waals surface area contributed by atoms with Gasteiger partial charge in [0.15, 0.2) is 0 Å². The van der Waals surface area contributed by atoms with Gasteiger partial charge in [-0.1, -0.05) is 169 Å². The number of anilines is 2. The predicted molar refractivity (Wildman–Crippen MR) is 246 cm³/mol. The van der Waals surface area contributed by atoms with Gasteiger partial charge in [0.2, 0.25) is 0 Å². The van der Waals surface area contributed by atoms with Gasteiger partial charge < -0.3 is 8.01 Å². The molecular weight excluding hydrogens is 803 g/mol. The standard InChI is InChI=1S/C51H46ClIN2/c1-50(35-38-20-10-7-11-21-38)48(54(2)46-32-30-41-26-18-19-27-43(41)49(46)50)29-17-6-4-5-16-28-47-51(36-39-22-12-8-13-23-39,37-40-24-14-9-15-25-40)44-34-42(52)31-33-45(44)55(3)53-47/h4-34H,35-37H2,1-3H3/b5-4+,17-6+,28-16+,48-29+. The topological polar surface area (TPSA) is 6.48 Å². The van der Waals surface area contributed by atoms with Crippen molar-refractivity contribution in [2.45, 2.75) is 37.0 Å². The van der Waals surface area contributed by atoms with E-state index in [4.69, 9.17) is 11.6 Å². The first kappa shape index (κ1) is 37.0. The van der Waals surface area contributed by atoms with E-state index in [1.54, 1.807) is 0 Å². The van der Waals surface area contributed by atoms with Gasteiger partial charge in [-0.25, -0.2) is 0 Å². The van der Waals surface area contributed by atoms with E-state index in [9.17, 15) is 0 Å². The monoisotopic (exact) mass is 848 g/mol. The number of fused-ring (bicyclic) bond motifs is 4. The number of hydrogen-bond acceptors (Lipinski definition) is 2. The summed E-state index contributed by atoms with van der Waals surface area (Å²) in [5.74, 6) is 0. The summed E-state index contributed by atoms with van der Waals surface area (Å²) < 4.78 is 3.96. The highest BCUT2D eigenvalue weighted by molar-refractivity contribution is 14.2. The van der Waals surface area contributed by atoms with Crippen molar-refractivity contribution < 1.29 is 0 Å². The molecule has 274 valence electrons. The van der Waals surface area contributed by atoms with E-state index in [0.29, 0.717) is 0 Å².